The van der Waals surface area contributed by atoms with Crippen molar-refractivity contribution in [3.05, 3.63) is 29.8 Å². The Labute approximate surface area is 128 Å². The second-order valence-electron chi connectivity index (χ2n) is 6.51. The third-order valence-electron chi connectivity index (χ3n) is 4.69. The summed E-state index contributed by atoms with van der Waals surface area (Å²) in [4.78, 5) is 2.53. The molecule has 1 unspecified atom stereocenters. The SMILES string of the molecule is CCC1CCN(CCOc2cccc(CNC3CC3)c2)C1. The van der Waals surface area contributed by atoms with Gasteiger partial charge in [-0.25, -0.2) is 0 Å². The van der Waals surface area contributed by atoms with Crippen LogP contribution in [0.15, 0.2) is 24.3 Å². The van der Waals surface area contributed by atoms with Crippen LogP contribution in [-0.4, -0.2) is 37.2 Å². The van der Waals surface area contributed by atoms with Gasteiger partial charge in [0.15, 0.2) is 0 Å². The monoisotopic (exact) mass is 288 g/mol. The highest BCUT2D eigenvalue weighted by Gasteiger charge is 2.21. The van der Waals surface area contributed by atoms with Crippen molar-refractivity contribution in [1.82, 2.24) is 10.2 Å². The minimum absolute atomic E-state index is 0.760. The molecule has 0 bridgehead atoms. The number of hydrogen-bond acceptors (Lipinski definition) is 3. The van der Waals surface area contributed by atoms with E-state index in [1.807, 2.05) is 0 Å². The van der Waals surface area contributed by atoms with Crippen LogP contribution in [0.3, 0.4) is 0 Å². The van der Waals surface area contributed by atoms with Gasteiger partial charge in [-0.15, -0.1) is 0 Å². The highest BCUT2D eigenvalue weighted by atomic mass is 16.5. The fraction of sp³-hybridized carbons (Fsp3) is 0.667. The van der Waals surface area contributed by atoms with Crippen LogP contribution in [0.2, 0.25) is 0 Å². The van der Waals surface area contributed by atoms with Crippen LogP contribution in [0.5, 0.6) is 5.75 Å². The van der Waals surface area contributed by atoms with Crippen molar-refractivity contribution in [2.45, 2.75) is 45.2 Å². The van der Waals surface area contributed by atoms with Gasteiger partial charge in [0.2, 0.25) is 0 Å². The Kier molecular flexibility index (Phi) is 5.15. The maximum atomic E-state index is 5.93. The standard InChI is InChI=1S/C18H28N2O/c1-2-15-8-9-20(14-15)10-11-21-18-5-3-4-16(12-18)13-19-17-6-7-17/h3-5,12,15,17,19H,2,6-11,13-14H2,1H3. The lowest BCUT2D eigenvalue weighted by molar-refractivity contribution is 0.232. The predicted molar refractivity (Wildman–Crippen MR) is 86.6 cm³/mol. The van der Waals surface area contributed by atoms with E-state index in [1.54, 1.807) is 0 Å². The van der Waals surface area contributed by atoms with Crippen LogP contribution in [0.1, 0.15) is 38.2 Å². The summed E-state index contributed by atoms with van der Waals surface area (Å²) in [6.07, 6.45) is 5.35. The zero-order valence-corrected chi connectivity index (χ0v) is 13.2. The maximum Gasteiger partial charge on any atom is 0.119 e. The summed E-state index contributed by atoms with van der Waals surface area (Å²) in [5, 5.41) is 3.55. The van der Waals surface area contributed by atoms with Crippen LogP contribution < -0.4 is 10.1 Å². The molecule has 0 spiro atoms. The molecule has 1 aliphatic carbocycles. The molecule has 1 aromatic rings. The normalized spacial score (nSPS) is 22.6. The molecule has 3 heteroatoms. The number of likely N-dealkylation sites (tertiary alicyclic amines) is 1. The van der Waals surface area contributed by atoms with Gasteiger partial charge in [0.25, 0.3) is 0 Å². The molecule has 3 nitrogen and oxygen atoms in total. The molecular formula is C18H28N2O. The molecule has 1 atom stereocenters. The maximum absolute atomic E-state index is 5.93. The molecule has 1 aromatic carbocycles. The zero-order chi connectivity index (χ0) is 14.5. The highest BCUT2D eigenvalue weighted by Crippen LogP contribution is 2.21. The number of nitrogens with zero attached hydrogens (tertiary/aromatic N) is 1. The summed E-state index contributed by atoms with van der Waals surface area (Å²) in [5.74, 6) is 1.91. The van der Waals surface area contributed by atoms with Gasteiger partial charge in [-0.05, 0) is 49.4 Å². The molecule has 116 valence electrons. The van der Waals surface area contributed by atoms with Crippen molar-refractivity contribution in [2.24, 2.45) is 5.92 Å². The summed E-state index contributed by atoms with van der Waals surface area (Å²) in [6.45, 7) is 7.62. The first-order valence-electron chi connectivity index (χ1n) is 8.51. The van der Waals surface area contributed by atoms with Crippen molar-refractivity contribution >= 4 is 0 Å². The minimum Gasteiger partial charge on any atom is -0.492 e. The van der Waals surface area contributed by atoms with Gasteiger partial charge in [-0.3, -0.25) is 4.90 Å². The van der Waals surface area contributed by atoms with Crippen LogP contribution in [0, 0.1) is 5.92 Å². The third-order valence-corrected chi connectivity index (χ3v) is 4.69. The van der Waals surface area contributed by atoms with E-state index in [4.69, 9.17) is 4.74 Å². The van der Waals surface area contributed by atoms with Gasteiger partial charge in [-0.1, -0.05) is 25.5 Å². The summed E-state index contributed by atoms with van der Waals surface area (Å²) in [6, 6.07) is 9.28. The van der Waals surface area contributed by atoms with E-state index < -0.39 is 0 Å². The molecule has 0 amide bonds. The van der Waals surface area contributed by atoms with Crippen molar-refractivity contribution in [3.8, 4) is 5.75 Å². The first-order valence-corrected chi connectivity index (χ1v) is 8.51. The molecule has 1 aliphatic heterocycles. The van der Waals surface area contributed by atoms with Gasteiger partial charge in [0, 0.05) is 25.7 Å². The van der Waals surface area contributed by atoms with E-state index in [0.29, 0.717) is 0 Å². The Bertz CT molecular complexity index is 445. The highest BCUT2D eigenvalue weighted by molar-refractivity contribution is 5.28. The minimum atomic E-state index is 0.760. The molecule has 3 rings (SSSR count). The topological polar surface area (TPSA) is 24.5 Å². The average Bonchev–Trinajstić information content (AvgIpc) is 3.23. The number of hydrogen-bond donors (Lipinski definition) is 1. The molecule has 2 fully saturated rings. The largest absolute Gasteiger partial charge is 0.492 e. The second kappa shape index (κ2) is 7.28. The van der Waals surface area contributed by atoms with Crippen LogP contribution >= 0.6 is 0 Å². The molecule has 0 radical (unpaired) electrons. The van der Waals surface area contributed by atoms with Crippen LogP contribution in [0.25, 0.3) is 0 Å². The van der Waals surface area contributed by atoms with Crippen molar-refractivity contribution in [2.75, 3.05) is 26.2 Å². The van der Waals surface area contributed by atoms with Crippen LogP contribution in [0.4, 0.5) is 0 Å². The Morgan fingerprint density at radius 3 is 2.95 bits per heavy atom. The first-order chi connectivity index (χ1) is 10.3. The number of ether oxygens (including phenoxy) is 1. The van der Waals surface area contributed by atoms with Crippen molar-refractivity contribution < 1.29 is 4.74 Å². The summed E-state index contributed by atoms with van der Waals surface area (Å²) in [7, 11) is 0. The zero-order valence-electron chi connectivity index (χ0n) is 13.2. The summed E-state index contributed by atoms with van der Waals surface area (Å²) in [5.41, 5.74) is 1.33. The van der Waals surface area contributed by atoms with Crippen molar-refractivity contribution in [3.63, 3.8) is 0 Å². The Balaban J connectivity index is 1.39. The van der Waals surface area contributed by atoms with E-state index in [0.717, 1.165) is 37.4 Å². The molecule has 1 saturated carbocycles. The van der Waals surface area contributed by atoms with Gasteiger partial charge in [-0.2, -0.15) is 0 Å². The quantitative estimate of drug-likeness (QED) is 0.795. The molecular weight excluding hydrogens is 260 g/mol. The van der Waals surface area contributed by atoms with Gasteiger partial charge in [0.05, 0.1) is 0 Å². The molecule has 2 aliphatic rings. The van der Waals surface area contributed by atoms with Gasteiger partial charge < -0.3 is 10.1 Å². The van der Waals surface area contributed by atoms with E-state index in [-0.39, 0.29) is 0 Å². The fourth-order valence-corrected chi connectivity index (χ4v) is 3.04. The smallest absolute Gasteiger partial charge is 0.119 e. The first kappa shape index (κ1) is 14.9. The lowest BCUT2D eigenvalue weighted by atomic mass is 10.1. The molecule has 1 heterocycles. The number of benzene rings is 1. The van der Waals surface area contributed by atoms with Gasteiger partial charge in [0.1, 0.15) is 12.4 Å². The number of rotatable bonds is 8. The summed E-state index contributed by atoms with van der Waals surface area (Å²) >= 11 is 0. The van der Waals surface area contributed by atoms with E-state index in [1.165, 1.54) is 44.3 Å². The molecule has 1 N–H and O–H groups in total. The molecule has 21 heavy (non-hydrogen) atoms. The van der Waals surface area contributed by atoms with Gasteiger partial charge >= 0.3 is 0 Å². The van der Waals surface area contributed by atoms with E-state index in [2.05, 4.69) is 41.4 Å². The van der Waals surface area contributed by atoms with Crippen LogP contribution in [-0.2, 0) is 6.54 Å². The Hall–Kier alpha value is -1.06. The van der Waals surface area contributed by atoms with E-state index >= 15 is 0 Å². The lowest BCUT2D eigenvalue weighted by Gasteiger charge is -2.16. The Morgan fingerprint density at radius 1 is 1.29 bits per heavy atom. The predicted octanol–water partition coefficient (Wildman–Crippen LogP) is 3.05. The lowest BCUT2D eigenvalue weighted by Crippen LogP contribution is -2.26. The van der Waals surface area contributed by atoms with Crippen molar-refractivity contribution in [1.29, 1.82) is 0 Å². The molecule has 1 saturated heterocycles. The Morgan fingerprint density at radius 2 is 2.19 bits per heavy atom. The number of nitrogens with one attached hydrogen (secondary N) is 1. The second-order valence-corrected chi connectivity index (χ2v) is 6.51. The van der Waals surface area contributed by atoms with E-state index in [9.17, 15) is 0 Å². The fourth-order valence-electron chi connectivity index (χ4n) is 3.04. The molecule has 0 aromatic heterocycles. The third kappa shape index (κ3) is 4.72. The average molecular weight is 288 g/mol. The summed E-state index contributed by atoms with van der Waals surface area (Å²) < 4.78 is 5.93.